The van der Waals surface area contributed by atoms with E-state index in [4.69, 9.17) is 11.5 Å². The summed E-state index contributed by atoms with van der Waals surface area (Å²) in [6, 6.07) is 5.30. The van der Waals surface area contributed by atoms with E-state index in [1.165, 1.54) is 0 Å². The molecule has 17 heavy (non-hydrogen) atoms. The third kappa shape index (κ3) is 4.02. The van der Waals surface area contributed by atoms with Crippen LogP contribution in [-0.2, 0) is 0 Å². The first kappa shape index (κ1) is 14.0. The van der Waals surface area contributed by atoms with E-state index in [-0.39, 0.29) is 6.04 Å². The number of hydrogen-bond donors (Lipinski definition) is 3. The zero-order valence-electron chi connectivity index (χ0n) is 10.0. The monoisotopic (exact) mass is 299 g/mol. The molecule has 1 aromatic carbocycles. The first-order chi connectivity index (χ1) is 7.91. The quantitative estimate of drug-likeness (QED) is 0.777. The van der Waals surface area contributed by atoms with Gasteiger partial charge >= 0.3 is 0 Å². The second-order valence-corrected chi connectivity index (χ2v) is 5.20. The van der Waals surface area contributed by atoms with Crippen molar-refractivity contribution in [2.24, 2.45) is 17.4 Å². The topological polar surface area (TPSA) is 81.1 Å². The van der Waals surface area contributed by atoms with E-state index in [0.29, 0.717) is 18.0 Å². The summed E-state index contributed by atoms with van der Waals surface area (Å²) in [5.41, 5.74) is 12.5. The van der Waals surface area contributed by atoms with Gasteiger partial charge in [0.15, 0.2) is 0 Å². The maximum atomic E-state index is 11.0. The normalized spacial score (nSPS) is 12.5. The van der Waals surface area contributed by atoms with Gasteiger partial charge in [-0.1, -0.05) is 13.8 Å². The molecule has 0 heterocycles. The summed E-state index contributed by atoms with van der Waals surface area (Å²) in [5, 5.41) is 3.24. The van der Waals surface area contributed by atoms with E-state index < -0.39 is 5.91 Å². The van der Waals surface area contributed by atoms with Crippen molar-refractivity contribution in [3.05, 3.63) is 28.2 Å². The molecule has 0 fully saturated rings. The van der Waals surface area contributed by atoms with E-state index in [0.717, 1.165) is 10.2 Å². The van der Waals surface area contributed by atoms with Crippen LogP contribution in [0.25, 0.3) is 0 Å². The predicted octanol–water partition coefficient (Wildman–Crippen LogP) is 1.94. The molecule has 0 aromatic heterocycles. The lowest BCUT2D eigenvalue weighted by Gasteiger charge is -2.17. The molecule has 1 rings (SSSR count). The number of amides is 1. The molecule has 5 heteroatoms. The van der Waals surface area contributed by atoms with Crippen LogP contribution in [0.5, 0.6) is 0 Å². The van der Waals surface area contributed by atoms with Gasteiger partial charge in [-0.3, -0.25) is 4.79 Å². The lowest BCUT2D eigenvalue weighted by Crippen LogP contribution is -2.34. The van der Waals surface area contributed by atoms with E-state index in [2.05, 4.69) is 35.1 Å². The Balaban J connectivity index is 2.70. The van der Waals surface area contributed by atoms with E-state index in [1.807, 2.05) is 6.07 Å². The molecule has 94 valence electrons. The Morgan fingerprint density at radius 3 is 2.59 bits per heavy atom. The zero-order valence-corrected chi connectivity index (χ0v) is 11.6. The molecule has 0 bridgehead atoms. The van der Waals surface area contributed by atoms with Crippen molar-refractivity contribution in [2.75, 3.05) is 11.9 Å². The molecule has 1 aromatic rings. The number of halogens is 1. The average Bonchev–Trinajstić information content (AvgIpc) is 2.26. The maximum Gasteiger partial charge on any atom is 0.248 e. The Kier molecular flexibility index (Phi) is 4.96. The summed E-state index contributed by atoms with van der Waals surface area (Å²) in [7, 11) is 0. The van der Waals surface area contributed by atoms with Gasteiger partial charge in [0, 0.05) is 28.3 Å². The molecular formula is C12H18BrN3O. The summed E-state index contributed by atoms with van der Waals surface area (Å²) < 4.78 is 0.810. The molecule has 5 N–H and O–H groups in total. The minimum atomic E-state index is -0.434. The average molecular weight is 300 g/mol. The van der Waals surface area contributed by atoms with E-state index >= 15 is 0 Å². The molecule has 0 radical (unpaired) electrons. The minimum Gasteiger partial charge on any atom is -0.383 e. The number of rotatable bonds is 5. The highest BCUT2D eigenvalue weighted by molar-refractivity contribution is 9.10. The molecule has 4 nitrogen and oxygen atoms in total. The number of hydrogen-bond acceptors (Lipinski definition) is 3. The van der Waals surface area contributed by atoms with Gasteiger partial charge in [-0.2, -0.15) is 0 Å². The van der Waals surface area contributed by atoms with Crippen molar-refractivity contribution in [1.29, 1.82) is 0 Å². The number of nitrogens with one attached hydrogen (secondary N) is 1. The van der Waals surface area contributed by atoms with Crippen LogP contribution in [0.1, 0.15) is 24.2 Å². The summed E-state index contributed by atoms with van der Waals surface area (Å²) >= 11 is 3.39. The highest BCUT2D eigenvalue weighted by Gasteiger charge is 2.09. The van der Waals surface area contributed by atoms with Gasteiger partial charge in [0.2, 0.25) is 5.91 Å². The van der Waals surface area contributed by atoms with Crippen molar-refractivity contribution in [3.63, 3.8) is 0 Å². The van der Waals surface area contributed by atoms with Crippen LogP contribution in [0.4, 0.5) is 5.69 Å². The molecule has 0 aliphatic rings. The SMILES string of the molecule is CC(C)C(N)CNc1ccc(C(N)=O)cc1Br. The lowest BCUT2D eigenvalue weighted by molar-refractivity contribution is 0.100. The van der Waals surface area contributed by atoms with Crippen LogP contribution in [0, 0.1) is 5.92 Å². The standard InChI is InChI=1S/C12H18BrN3O/c1-7(2)10(14)6-16-11-4-3-8(12(15)17)5-9(11)13/h3-5,7,10,16H,6,14H2,1-2H3,(H2,15,17). The third-order valence-electron chi connectivity index (χ3n) is 2.64. The Labute approximate surface area is 110 Å². The molecule has 0 saturated heterocycles. The van der Waals surface area contributed by atoms with Crippen LogP contribution < -0.4 is 16.8 Å². The largest absolute Gasteiger partial charge is 0.383 e. The predicted molar refractivity (Wildman–Crippen MR) is 74.0 cm³/mol. The van der Waals surface area contributed by atoms with Gasteiger partial charge in [-0.05, 0) is 40.0 Å². The highest BCUT2D eigenvalue weighted by Crippen LogP contribution is 2.23. The van der Waals surface area contributed by atoms with Gasteiger partial charge in [0.1, 0.15) is 0 Å². The molecule has 0 aliphatic heterocycles. The molecule has 0 spiro atoms. The first-order valence-corrected chi connectivity index (χ1v) is 6.30. The number of primary amides is 1. The summed E-state index contributed by atoms with van der Waals surface area (Å²) in [6.07, 6.45) is 0. The minimum absolute atomic E-state index is 0.0951. The highest BCUT2D eigenvalue weighted by atomic mass is 79.9. The number of nitrogens with two attached hydrogens (primary N) is 2. The van der Waals surface area contributed by atoms with Gasteiger partial charge < -0.3 is 16.8 Å². The smallest absolute Gasteiger partial charge is 0.248 e. The number of carbonyl (C=O) groups excluding carboxylic acids is 1. The summed E-state index contributed by atoms with van der Waals surface area (Å²) in [5.74, 6) is -0.0118. The number of carbonyl (C=O) groups is 1. The molecule has 1 amide bonds. The van der Waals surface area contributed by atoms with Gasteiger partial charge in [-0.25, -0.2) is 0 Å². The Morgan fingerprint density at radius 1 is 1.47 bits per heavy atom. The van der Waals surface area contributed by atoms with Crippen molar-refractivity contribution < 1.29 is 4.79 Å². The second-order valence-electron chi connectivity index (χ2n) is 4.35. The van der Waals surface area contributed by atoms with Gasteiger partial charge in [0.05, 0.1) is 0 Å². The Morgan fingerprint density at radius 2 is 2.12 bits per heavy atom. The molecule has 1 unspecified atom stereocenters. The molecule has 1 atom stereocenters. The lowest BCUT2D eigenvalue weighted by atomic mass is 10.1. The molecule has 0 aliphatic carbocycles. The first-order valence-electron chi connectivity index (χ1n) is 5.50. The van der Waals surface area contributed by atoms with Gasteiger partial charge in [-0.15, -0.1) is 0 Å². The maximum absolute atomic E-state index is 11.0. The second kappa shape index (κ2) is 6.02. The van der Waals surface area contributed by atoms with E-state index in [1.54, 1.807) is 12.1 Å². The van der Waals surface area contributed by atoms with E-state index in [9.17, 15) is 4.79 Å². The summed E-state index contributed by atoms with van der Waals surface area (Å²) in [6.45, 7) is 4.85. The zero-order chi connectivity index (χ0) is 13.0. The van der Waals surface area contributed by atoms with Crippen LogP contribution in [-0.4, -0.2) is 18.5 Å². The fraction of sp³-hybridized carbons (Fsp3) is 0.417. The van der Waals surface area contributed by atoms with Crippen LogP contribution in [0.3, 0.4) is 0 Å². The van der Waals surface area contributed by atoms with Crippen LogP contribution >= 0.6 is 15.9 Å². The van der Waals surface area contributed by atoms with Crippen molar-refractivity contribution in [2.45, 2.75) is 19.9 Å². The fourth-order valence-electron chi connectivity index (χ4n) is 1.28. The third-order valence-corrected chi connectivity index (χ3v) is 3.29. The van der Waals surface area contributed by atoms with Crippen molar-refractivity contribution in [1.82, 2.24) is 0 Å². The van der Waals surface area contributed by atoms with Crippen molar-refractivity contribution in [3.8, 4) is 0 Å². The number of benzene rings is 1. The number of anilines is 1. The Hall–Kier alpha value is -1.07. The van der Waals surface area contributed by atoms with Crippen LogP contribution in [0.2, 0.25) is 0 Å². The molecular weight excluding hydrogens is 282 g/mol. The van der Waals surface area contributed by atoms with Crippen LogP contribution in [0.15, 0.2) is 22.7 Å². The van der Waals surface area contributed by atoms with Gasteiger partial charge in [0.25, 0.3) is 0 Å². The summed E-state index contributed by atoms with van der Waals surface area (Å²) in [4.78, 5) is 11.0. The van der Waals surface area contributed by atoms with Crippen molar-refractivity contribution >= 4 is 27.5 Å². The fourth-order valence-corrected chi connectivity index (χ4v) is 1.79. The molecule has 0 saturated carbocycles. The Bertz CT molecular complexity index is 407.